The summed E-state index contributed by atoms with van der Waals surface area (Å²) in [5.41, 5.74) is 4.12. The molecule has 1 aliphatic heterocycles. The number of aryl methyl sites for hydroxylation is 2. The molecule has 2 aromatic carbocycles. The van der Waals surface area contributed by atoms with E-state index in [1.54, 1.807) is 0 Å². The van der Waals surface area contributed by atoms with Gasteiger partial charge in [-0.1, -0.05) is 29.3 Å². The molecule has 1 aliphatic rings. The van der Waals surface area contributed by atoms with Crippen LogP contribution in [-0.4, -0.2) is 50.1 Å². The Morgan fingerprint density at radius 2 is 1.73 bits per heavy atom. The van der Waals surface area contributed by atoms with Gasteiger partial charge in [-0.05, 0) is 49.7 Å². The maximum Gasteiger partial charge on any atom is 0.251 e. The van der Waals surface area contributed by atoms with Gasteiger partial charge in [0, 0.05) is 55.5 Å². The van der Waals surface area contributed by atoms with E-state index in [0.717, 1.165) is 54.4 Å². The summed E-state index contributed by atoms with van der Waals surface area (Å²) in [5, 5.41) is 3.82. The van der Waals surface area contributed by atoms with Crippen molar-refractivity contribution in [3.8, 4) is 0 Å². The predicted octanol–water partition coefficient (Wildman–Crippen LogP) is 3.51. The highest BCUT2D eigenvalue weighted by Crippen LogP contribution is 2.19. The molecule has 0 radical (unpaired) electrons. The second-order valence-electron chi connectivity index (χ2n) is 6.88. The number of halogens is 1. The van der Waals surface area contributed by atoms with Crippen molar-refractivity contribution in [2.75, 3.05) is 44.2 Å². The Morgan fingerprint density at radius 3 is 2.42 bits per heavy atom. The Labute approximate surface area is 160 Å². The van der Waals surface area contributed by atoms with E-state index in [0.29, 0.717) is 6.54 Å². The van der Waals surface area contributed by atoms with Crippen LogP contribution in [0.5, 0.6) is 0 Å². The van der Waals surface area contributed by atoms with E-state index in [1.807, 2.05) is 44.2 Å². The lowest BCUT2D eigenvalue weighted by molar-refractivity contribution is 0.0947. The third-order valence-corrected chi connectivity index (χ3v) is 5.17. The van der Waals surface area contributed by atoms with E-state index >= 15 is 0 Å². The van der Waals surface area contributed by atoms with Gasteiger partial charge in [0.05, 0.1) is 0 Å². The lowest BCUT2D eigenvalue weighted by atomic mass is 10.1. The Bertz CT molecular complexity index is 752. The molecule has 0 bridgehead atoms. The predicted molar refractivity (Wildman–Crippen MR) is 108 cm³/mol. The lowest BCUT2D eigenvalue weighted by Crippen LogP contribution is -2.48. The smallest absolute Gasteiger partial charge is 0.251 e. The number of nitrogens with zero attached hydrogens (tertiary/aromatic N) is 2. The van der Waals surface area contributed by atoms with Crippen molar-refractivity contribution in [2.24, 2.45) is 0 Å². The Morgan fingerprint density at radius 1 is 1.04 bits per heavy atom. The van der Waals surface area contributed by atoms with Gasteiger partial charge in [-0.3, -0.25) is 9.69 Å². The fraction of sp³-hybridized carbons (Fsp3) is 0.381. The standard InChI is InChI=1S/C21H26ClN3O/c1-16-3-4-17(2)20(15-16)21(26)23-9-10-24-11-13-25(14-12-24)19-7-5-18(22)6-8-19/h3-8,15H,9-14H2,1-2H3,(H,23,26). The zero-order valence-corrected chi connectivity index (χ0v) is 16.2. The van der Waals surface area contributed by atoms with Crippen LogP contribution in [0.3, 0.4) is 0 Å². The minimum absolute atomic E-state index is 0.0194. The second kappa shape index (κ2) is 8.56. The van der Waals surface area contributed by atoms with Crippen molar-refractivity contribution in [3.63, 3.8) is 0 Å². The van der Waals surface area contributed by atoms with Crippen LogP contribution in [-0.2, 0) is 0 Å². The quantitative estimate of drug-likeness (QED) is 0.873. The first kappa shape index (κ1) is 18.7. The van der Waals surface area contributed by atoms with Gasteiger partial charge < -0.3 is 10.2 Å². The van der Waals surface area contributed by atoms with Crippen LogP contribution in [0.4, 0.5) is 5.69 Å². The number of piperazine rings is 1. The summed E-state index contributed by atoms with van der Waals surface area (Å²) in [7, 11) is 0. The maximum absolute atomic E-state index is 12.4. The third-order valence-electron chi connectivity index (χ3n) is 4.92. The first-order valence-corrected chi connectivity index (χ1v) is 9.49. The molecule has 0 unspecified atom stereocenters. The summed E-state index contributed by atoms with van der Waals surface area (Å²) >= 11 is 5.96. The molecular formula is C21H26ClN3O. The SMILES string of the molecule is Cc1ccc(C)c(C(=O)NCCN2CCN(c3ccc(Cl)cc3)CC2)c1. The van der Waals surface area contributed by atoms with Crippen LogP contribution in [0.2, 0.25) is 5.02 Å². The maximum atomic E-state index is 12.4. The fourth-order valence-electron chi connectivity index (χ4n) is 3.28. The largest absolute Gasteiger partial charge is 0.369 e. The normalized spacial score (nSPS) is 15.1. The topological polar surface area (TPSA) is 35.6 Å². The fourth-order valence-corrected chi connectivity index (χ4v) is 3.41. The monoisotopic (exact) mass is 371 g/mol. The van der Waals surface area contributed by atoms with Crippen LogP contribution in [0.25, 0.3) is 0 Å². The molecule has 0 saturated carbocycles. The molecule has 1 fully saturated rings. The molecule has 138 valence electrons. The van der Waals surface area contributed by atoms with Crippen molar-refractivity contribution in [1.29, 1.82) is 0 Å². The van der Waals surface area contributed by atoms with Gasteiger partial charge in [-0.25, -0.2) is 0 Å². The van der Waals surface area contributed by atoms with Crippen LogP contribution in [0.1, 0.15) is 21.5 Å². The molecule has 4 nitrogen and oxygen atoms in total. The second-order valence-corrected chi connectivity index (χ2v) is 7.32. The molecule has 1 saturated heterocycles. The number of nitrogens with one attached hydrogen (secondary N) is 1. The van der Waals surface area contributed by atoms with Crippen LogP contribution in [0.15, 0.2) is 42.5 Å². The average molecular weight is 372 g/mol. The van der Waals surface area contributed by atoms with Crippen molar-refractivity contribution in [2.45, 2.75) is 13.8 Å². The number of amides is 1. The number of hydrogen-bond donors (Lipinski definition) is 1. The minimum Gasteiger partial charge on any atom is -0.369 e. The Kier molecular flexibility index (Phi) is 6.17. The van der Waals surface area contributed by atoms with E-state index in [1.165, 1.54) is 5.69 Å². The molecule has 0 atom stereocenters. The number of rotatable bonds is 5. The molecule has 5 heteroatoms. The molecular weight excluding hydrogens is 346 g/mol. The van der Waals surface area contributed by atoms with Gasteiger partial charge in [0.15, 0.2) is 0 Å². The van der Waals surface area contributed by atoms with E-state index in [4.69, 9.17) is 11.6 Å². The molecule has 0 spiro atoms. The first-order chi connectivity index (χ1) is 12.5. The number of hydrogen-bond acceptors (Lipinski definition) is 3. The number of carbonyl (C=O) groups is 1. The molecule has 2 aromatic rings. The van der Waals surface area contributed by atoms with E-state index in [2.05, 4.69) is 27.2 Å². The summed E-state index contributed by atoms with van der Waals surface area (Å²) in [4.78, 5) is 17.2. The minimum atomic E-state index is 0.0194. The van der Waals surface area contributed by atoms with Gasteiger partial charge in [-0.2, -0.15) is 0 Å². The highest BCUT2D eigenvalue weighted by atomic mass is 35.5. The highest BCUT2D eigenvalue weighted by molar-refractivity contribution is 6.30. The van der Waals surface area contributed by atoms with E-state index in [9.17, 15) is 4.79 Å². The van der Waals surface area contributed by atoms with Gasteiger partial charge in [0.1, 0.15) is 0 Å². The van der Waals surface area contributed by atoms with Gasteiger partial charge in [0.2, 0.25) is 0 Å². The van der Waals surface area contributed by atoms with Crippen molar-refractivity contribution >= 4 is 23.2 Å². The van der Waals surface area contributed by atoms with Crippen LogP contribution < -0.4 is 10.2 Å². The summed E-state index contributed by atoms with van der Waals surface area (Å²) in [5.74, 6) is 0.0194. The van der Waals surface area contributed by atoms with Crippen LogP contribution >= 0.6 is 11.6 Å². The Hall–Kier alpha value is -2.04. The average Bonchev–Trinajstić information content (AvgIpc) is 2.65. The zero-order chi connectivity index (χ0) is 18.5. The molecule has 1 amide bonds. The van der Waals surface area contributed by atoms with Crippen molar-refractivity contribution in [1.82, 2.24) is 10.2 Å². The van der Waals surface area contributed by atoms with Crippen molar-refractivity contribution < 1.29 is 4.79 Å². The van der Waals surface area contributed by atoms with Crippen LogP contribution in [0, 0.1) is 13.8 Å². The van der Waals surface area contributed by atoms with E-state index < -0.39 is 0 Å². The first-order valence-electron chi connectivity index (χ1n) is 9.11. The number of anilines is 1. The zero-order valence-electron chi connectivity index (χ0n) is 15.5. The summed E-state index contributed by atoms with van der Waals surface area (Å²) in [6, 6.07) is 14.0. The molecule has 0 aliphatic carbocycles. The van der Waals surface area contributed by atoms with Gasteiger partial charge in [0.25, 0.3) is 5.91 Å². The molecule has 0 aromatic heterocycles. The summed E-state index contributed by atoms with van der Waals surface area (Å²) < 4.78 is 0. The summed E-state index contributed by atoms with van der Waals surface area (Å²) in [6.07, 6.45) is 0. The molecule has 26 heavy (non-hydrogen) atoms. The number of benzene rings is 2. The lowest BCUT2D eigenvalue weighted by Gasteiger charge is -2.36. The van der Waals surface area contributed by atoms with Gasteiger partial charge >= 0.3 is 0 Å². The molecule has 1 heterocycles. The van der Waals surface area contributed by atoms with Gasteiger partial charge in [-0.15, -0.1) is 0 Å². The third kappa shape index (κ3) is 4.77. The van der Waals surface area contributed by atoms with Crippen molar-refractivity contribution in [3.05, 3.63) is 64.2 Å². The highest BCUT2D eigenvalue weighted by Gasteiger charge is 2.17. The van der Waals surface area contributed by atoms with E-state index in [-0.39, 0.29) is 5.91 Å². The molecule has 3 rings (SSSR count). The molecule has 1 N–H and O–H groups in total. The number of carbonyl (C=O) groups excluding carboxylic acids is 1. The summed E-state index contributed by atoms with van der Waals surface area (Å²) in [6.45, 7) is 9.53. The Balaban J connectivity index is 1.43.